The van der Waals surface area contributed by atoms with Gasteiger partial charge in [-0.15, -0.1) is 13.2 Å². The minimum atomic E-state index is -4.75. The Morgan fingerprint density at radius 1 is 1.05 bits per heavy atom. The molecule has 1 fully saturated rings. The smallest absolute Gasteiger partial charge is 0.406 e. The summed E-state index contributed by atoms with van der Waals surface area (Å²) in [5.41, 5.74) is 3.32. The van der Waals surface area contributed by atoms with Crippen LogP contribution in [-0.2, 0) is 6.54 Å². The van der Waals surface area contributed by atoms with Gasteiger partial charge in [0, 0.05) is 43.6 Å². The molecule has 0 saturated carbocycles. The van der Waals surface area contributed by atoms with Gasteiger partial charge in [0.15, 0.2) is 0 Å². The van der Waals surface area contributed by atoms with E-state index in [4.69, 9.17) is 11.6 Å². The number of hydrogen-bond acceptors (Lipinski definition) is 5. The number of piperazine rings is 1. The lowest BCUT2D eigenvalue weighted by molar-refractivity contribution is -0.274. The van der Waals surface area contributed by atoms with Crippen molar-refractivity contribution in [3.8, 4) is 5.75 Å². The number of hydrogen-bond donors (Lipinski definition) is 1. The molecule has 1 aliphatic heterocycles. The normalized spacial score (nSPS) is 17.7. The van der Waals surface area contributed by atoms with Crippen LogP contribution in [0.2, 0.25) is 5.02 Å². The molecule has 0 bridgehead atoms. The molecule has 216 valence electrons. The van der Waals surface area contributed by atoms with Gasteiger partial charge in [-0.1, -0.05) is 17.7 Å². The molecule has 1 aliphatic rings. The predicted octanol–water partition coefficient (Wildman–Crippen LogP) is 6.37. The summed E-state index contributed by atoms with van der Waals surface area (Å²) in [6.45, 7) is 6.86. The van der Waals surface area contributed by atoms with Crippen LogP contribution in [0.3, 0.4) is 0 Å². The van der Waals surface area contributed by atoms with Crippen LogP contribution in [0.25, 0.3) is 5.65 Å². The lowest BCUT2D eigenvalue weighted by atomic mass is 10.0. The number of imidazole rings is 1. The summed E-state index contributed by atoms with van der Waals surface area (Å²) >= 11 is 6.09. The van der Waals surface area contributed by atoms with Gasteiger partial charge in [-0.25, -0.2) is 9.37 Å². The van der Waals surface area contributed by atoms with Gasteiger partial charge in [0.25, 0.3) is 5.91 Å². The van der Waals surface area contributed by atoms with Crippen LogP contribution in [0, 0.1) is 12.7 Å². The number of nitrogens with zero attached hydrogens (tertiary/aromatic N) is 4. The summed E-state index contributed by atoms with van der Waals surface area (Å²) in [6.07, 6.45) is -3.12. The molecule has 0 spiro atoms. The summed E-state index contributed by atoms with van der Waals surface area (Å²) in [4.78, 5) is 21.4. The maximum Gasteiger partial charge on any atom is 0.573 e. The van der Waals surface area contributed by atoms with Crippen LogP contribution in [0.15, 0.2) is 60.8 Å². The van der Waals surface area contributed by atoms with E-state index in [0.29, 0.717) is 46.4 Å². The molecule has 41 heavy (non-hydrogen) atoms. The van der Waals surface area contributed by atoms with Gasteiger partial charge in [0.2, 0.25) is 0 Å². The van der Waals surface area contributed by atoms with Crippen LogP contribution < -0.4 is 19.9 Å². The number of carbonyl (C=O) groups is 1. The van der Waals surface area contributed by atoms with E-state index in [1.165, 1.54) is 18.2 Å². The van der Waals surface area contributed by atoms with Crippen LogP contribution in [-0.4, -0.2) is 46.8 Å². The Morgan fingerprint density at radius 3 is 2.41 bits per heavy atom. The number of fused-ring (bicyclic) bond motifs is 1. The molecule has 2 atom stereocenters. The minimum absolute atomic E-state index is 0.0406. The molecule has 0 aliphatic carbocycles. The van der Waals surface area contributed by atoms with Crippen molar-refractivity contribution in [2.75, 3.05) is 22.9 Å². The Kier molecular flexibility index (Phi) is 7.74. The fraction of sp³-hybridized carbons (Fsp3) is 0.310. The zero-order valence-corrected chi connectivity index (χ0v) is 23.3. The summed E-state index contributed by atoms with van der Waals surface area (Å²) in [5, 5.41) is 3.31. The second kappa shape index (κ2) is 11.1. The number of benzene rings is 2. The molecule has 2 aromatic heterocycles. The third kappa shape index (κ3) is 6.19. The second-order valence-electron chi connectivity index (χ2n) is 10.1. The van der Waals surface area contributed by atoms with Crippen molar-refractivity contribution in [1.29, 1.82) is 0 Å². The molecule has 7 nitrogen and oxygen atoms in total. The van der Waals surface area contributed by atoms with E-state index in [0.717, 1.165) is 5.69 Å². The molecule has 1 N–H and O–H groups in total. The zero-order valence-electron chi connectivity index (χ0n) is 22.5. The molecule has 1 amide bonds. The predicted molar refractivity (Wildman–Crippen MR) is 149 cm³/mol. The molecular weight excluding hydrogens is 562 g/mol. The number of ether oxygens (including phenoxy) is 1. The van der Waals surface area contributed by atoms with E-state index in [1.54, 1.807) is 53.9 Å². The van der Waals surface area contributed by atoms with Crippen molar-refractivity contribution in [1.82, 2.24) is 14.7 Å². The van der Waals surface area contributed by atoms with Gasteiger partial charge in [0.05, 0.1) is 16.4 Å². The van der Waals surface area contributed by atoms with Crippen molar-refractivity contribution < 1.29 is 27.1 Å². The third-order valence-electron chi connectivity index (χ3n) is 7.13. The first-order valence-corrected chi connectivity index (χ1v) is 13.4. The zero-order chi connectivity index (χ0) is 29.5. The summed E-state index contributed by atoms with van der Waals surface area (Å²) in [7, 11) is 0. The van der Waals surface area contributed by atoms with Crippen molar-refractivity contribution in [2.24, 2.45) is 0 Å². The summed E-state index contributed by atoms with van der Waals surface area (Å²) in [5.74, 6) is -1.04. The second-order valence-corrected chi connectivity index (χ2v) is 10.6. The van der Waals surface area contributed by atoms with E-state index in [-0.39, 0.29) is 30.3 Å². The number of aryl methyl sites for hydroxylation is 1. The highest BCUT2D eigenvalue weighted by Crippen LogP contribution is 2.31. The van der Waals surface area contributed by atoms with E-state index in [9.17, 15) is 18.0 Å². The van der Waals surface area contributed by atoms with Gasteiger partial charge < -0.3 is 19.9 Å². The SMILES string of the molecule is Cc1nc2ccc(Cl)cn2c1C(=O)NCc1ccc(N2C[C@H](C)N(c3ccc(OC(F)(F)F)cc3)C[C@H]2C)c(F)c1. The molecule has 3 heterocycles. The number of pyridine rings is 1. The number of nitrogens with one attached hydrogen (secondary N) is 1. The van der Waals surface area contributed by atoms with Crippen LogP contribution in [0.5, 0.6) is 5.75 Å². The Morgan fingerprint density at radius 2 is 1.73 bits per heavy atom. The summed E-state index contributed by atoms with van der Waals surface area (Å²) in [6, 6.07) is 14.0. The van der Waals surface area contributed by atoms with Crippen molar-refractivity contribution >= 4 is 34.5 Å². The molecular formula is C29H28ClF4N5O2. The van der Waals surface area contributed by atoms with E-state index in [1.807, 2.05) is 18.7 Å². The van der Waals surface area contributed by atoms with E-state index in [2.05, 4.69) is 19.9 Å². The van der Waals surface area contributed by atoms with Gasteiger partial charge in [-0.3, -0.25) is 9.20 Å². The molecule has 2 aromatic carbocycles. The summed E-state index contributed by atoms with van der Waals surface area (Å²) < 4.78 is 58.4. The highest BCUT2D eigenvalue weighted by atomic mass is 35.5. The van der Waals surface area contributed by atoms with Gasteiger partial charge in [-0.05, 0) is 74.9 Å². The molecule has 0 radical (unpaired) electrons. The average Bonchev–Trinajstić information content (AvgIpc) is 3.23. The van der Waals surface area contributed by atoms with Gasteiger partial charge in [0.1, 0.15) is 22.9 Å². The maximum atomic E-state index is 15.3. The van der Waals surface area contributed by atoms with Crippen molar-refractivity contribution in [3.05, 3.63) is 88.6 Å². The first-order valence-electron chi connectivity index (χ1n) is 13.0. The van der Waals surface area contributed by atoms with Gasteiger partial charge >= 0.3 is 6.36 Å². The third-order valence-corrected chi connectivity index (χ3v) is 7.36. The van der Waals surface area contributed by atoms with Crippen LogP contribution in [0.1, 0.15) is 35.6 Å². The molecule has 4 aromatic rings. The number of alkyl halides is 3. The van der Waals surface area contributed by atoms with E-state index < -0.39 is 12.2 Å². The molecule has 0 unspecified atom stereocenters. The number of amides is 1. The molecule has 5 rings (SSSR count). The number of carbonyl (C=O) groups excluding carboxylic acids is 1. The fourth-order valence-electron chi connectivity index (χ4n) is 5.23. The highest BCUT2D eigenvalue weighted by Gasteiger charge is 2.33. The monoisotopic (exact) mass is 589 g/mol. The van der Waals surface area contributed by atoms with Crippen LogP contribution >= 0.6 is 11.6 Å². The topological polar surface area (TPSA) is 62.1 Å². The fourth-order valence-corrected chi connectivity index (χ4v) is 5.39. The van der Waals surface area contributed by atoms with Crippen molar-refractivity contribution in [3.63, 3.8) is 0 Å². The first-order chi connectivity index (χ1) is 19.4. The maximum absolute atomic E-state index is 15.3. The molecule has 1 saturated heterocycles. The number of anilines is 2. The highest BCUT2D eigenvalue weighted by molar-refractivity contribution is 6.30. The minimum Gasteiger partial charge on any atom is -0.406 e. The Balaban J connectivity index is 1.24. The standard InChI is InChI=1S/C29H28ClF4N5O2/c1-17-15-38(18(2)14-37(17)22-6-8-23(9-7-22)41-29(32,33)34)25-10-4-20(12-24(25)31)13-35-28(40)27-19(3)36-26-11-5-21(30)16-39(26)27/h4-12,16-18H,13-15H2,1-3H3,(H,35,40)/t17-,18+/m0/s1. The Labute approximate surface area is 239 Å². The largest absolute Gasteiger partial charge is 0.573 e. The lowest BCUT2D eigenvalue weighted by Crippen LogP contribution is -2.57. The number of rotatable bonds is 6. The van der Waals surface area contributed by atoms with Gasteiger partial charge in [-0.2, -0.15) is 0 Å². The lowest BCUT2D eigenvalue weighted by Gasteiger charge is -2.46. The van der Waals surface area contributed by atoms with Crippen molar-refractivity contribution in [2.45, 2.75) is 45.8 Å². The quantitative estimate of drug-likeness (QED) is 0.265. The Hall–Kier alpha value is -3.99. The Bertz CT molecular complexity index is 1570. The molecule has 12 heteroatoms. The van der Waals surface area contributed by atoms with Crippen LogP contribution in [0.4, 0.5) is 28.9 Å². The first kappa shape index (κ1) is 28.5. The number of aromatic nitrogens is 2. The van der Waals surface area contributed by atoms with E-state index >= 15 is 4.39 Å². The average molecular weight is 590 g/mol. The number of halogens is 5.